The van der Waals surface area contributed by atoms with Crippen LogP contribution < -0.4 is 0 Å². The second-order valence-corrected chi connectivity index (χ2v) is 4.40. The molecule has 0 aliphatic heterocycles. The standard InChI is InChI=1S/C8H12N2S2/c1-2-3-4-5-6-11-8-10-9-7-12-8/h3-4,7H,2,5-6H2,1H3/b4-3+. The van der Waals surface area contributed by atoms with Crippen molar-refractivity contribution in [3.63, 3.8) is 0 Å². The van der Waals surface area contributed by atoms with Crippen LogP contribution in [0.1, 0.15) is 19.8 Å². The zero-order chi connectivity index (χ0) is 8.65. The molecule has 0 saturated heterocycles. The van der Waals surface area contributed by atoms with Gasteiger partial charge in [0.15, 0.2) is 4.34 Å². The molecule has 4 heteroatoms. The quantitative estimate of drug-likeness (QED) is 0.415. The molecule has 1 rings (SSSR count). The molecule has 0 atom stereocenters. The van der Waals surface area contributed by atoms with Crippen LogP contribution in [0, 0.1) is 0 Å². The third kappa shape index (κ3) is 3.88. The summed E-state index contributed by atoms with van der Waals surface area (Å²) in [5, 5.41) is 7.71. The van der Waals surface area contributed by atoms with Crippen molar-refractivity contribution in [3.8, 4) is 0 Å². The number of thioether (sulfide) groups is 1. The SMILES string of the molecule is CC/C=C/CCSc1nncs1. The van der Waals surface area contributed by atoms with Gasteiger partial charge in [-0.05, 0) is 12.8 Å². The number of rotatable bonds is 5. The van der Waals surface area contributed by atoms with Gasteiger partial charge in [-0.25, -0.2) is 0 Å². The first-order chi connectivity index (χ1) is 5.93. The Bertz CT molecular complexity index is 219. The second kappa shape index (κ2) is 6.20. The van der Waals surface area contributed by atoms with E-state index in [1.165, 1.54) is 0 Å². The molecule has 0 spiro atoms. The summed E-state index contributed by atoms with van der Waals surface area (Å²) in [6.45, 7) is 2.15. The van der Waals surface area contributed by atoms with Gasteiger partial charge in [0.1, 0.15) is 5.51 Å². The average Bonchev–Trinajstić information content (AvgIpc) is 2.57. The van der Waals surface area contributed by atoms with E-state index in [0.29, 0.717) is 0 Å². The predicted molar refractivity (Wildman–Crippen MR) is 54.7 cm³/mol. The van der Waals surface area contributed by atoms with Crippen molar-refractivity contribution in [1.82, 2.24) is 10.2 Å². The van der Waals surface area contributed by atoms with Gasteiger partial charge in [-0.15, -0.1) is 10.2 Å². The van der Waals surface area contributed by atoms with Gasteiger partial charge < -0.3 is 0 Å². The minimum atomic E-state index is 1.07. The topological polar surface area (TPSA) is 25.8 Å². The van der Waals surface area contributed by atoms with E-state index in [1.807, 2.05) is 0 Å². The van der Waals surface area contributed by atoms with Crippen LogP contribution in [0.4, 0.5) is 0 Å². The summed E-state index contributed by atoms with van der Waals surface area (Å²) < 4.78 is 1.07. The summed E-state index contributed by atoms with van der Waals surface area (Å²) >= 11 is 3.37. The molecule has 1 aromatic heterocycles. The van der Waals surface area contributed by atoms with Gasteiger partial charge in [0.25, 0.3) is 0 Å². The fourth-order valence-electron chi connectivity index (χ4n) is 0.725. The lowest BCUT2D eigenvalue weighted by atomic mass is 10.4. The highest BCUT2D eigenvalue weighted by Gasteiger charge is 1.94. The van der Waals surface area contributed by atoms with Gasteiger partial charge in [-0.2, -0.15) is 0 Å². The lowest BCUT2D eigenvalue weighted by molar-refractivity contribution is 1.01. The fourth-order valence-corrected chi connectivity index (χ4v) is 2.19. The van der Waals surface area contributed by atoms with Gasteiger partial charge in [-0.1, -0.05) is 42.2 Å². The number of hydrogen-bond acceptors (Lipinski definition) is 4. The van der Waals surface area contributed by atoms with Crippen LogP contribution in [0.2, 0.25) is 0 Å². The molecule has 66 valence electrons. The lowest BCUT2D eigenvalue weighted by Crippen LogP contribution is -1.75. The highest BCUT2D eigenvalue weighted by atomic mass is 32.2. The molecule has 12 heavy (non-hydrogen) atoms. The smallest absolute Gasteiger partial charge is 0.146 e. The summed E-state index contributed by atoms with van der Waals surface area (Å²) in [7, 11) is 0. The maximum atomic E-state index is 3.94. The van der Waals surface area contributed by atoms with Crippen molar-refractivity contribution >= 4 is 23.1 Å². The molecule has 2 nitrogen and oxygen atoms in total. The zero-order valence-electron chi connectivity index (χ0n) is 7.06. The summed E-state index contributed by atoms with van der Waals surface area (Å²) in [5.41, 5.74) is 1.77. The van der Waals surface area contributed by atoms with Gasteiger partial charge in [0, 0.05) is 5.75 Å². The molecule has 0 radical (unpaired) electrons. The third-order valence-electron chi connectivity index (χ3n) is 1.25. The molecule has 0 amide bonds. The van der Waals surface area contributed by atoms with Crippen LogP contribution >= 0.6 is 23.1 Å². The van der Waals surface area contributed by atoms with E-state index in [4.69, 9.17) is 0 Å². The first kappa shape index (κ1) is 9.74. The van der Waals surface area contributed by atoms with Crippen molar-refractivity contribution in [1.29, 1.82) is 0 Å². The summed E-state index contributed by atoms with van der Waals surface area (Å²) in [6, 6.07) is 0. The molecule has 0 bridgehead atoms. The molecular formula is C8H12N2S2. The predicted octanol–water partition coefficient (Wildman–Crippen LogP) is 2.99. The number of aromatic nitrogens is 2. The zero-order valence-corrected chi connectivity index (χ0v) is 8.70. The van der Waals surface area contributed by atoms with E-state index in [9.17, 15) is 0 Å². The van der Waals surface area contributed by atoms with Crippen LogP contribution in [0.25, 0.3) is 0 Å². The Labute approximate surface area is 81.1 Å². The molecule has 0 fully saturated rings. The fraction of sp³-hybridized carbons (Fsp3) is 0.500. The van der Waals surface area contributed by atoms with Crippen LogP contribution in [-0.4, -0.2) is 16.0 Å². The largest absolute Gasteiger partial charge is 0.174 e. The molecule has 1 aromatic rings. The van der Waals surface area contributed by atoms with E-state index in [0.717, 1.165) is 22.9 Å². The van der Waals surface area contributed by atoms with Gasteiger partial charge in [0.05, 0.1) is 0 Å². The highest BCUT2D eigenvalue weighted by Crippen LogP contribution is 2.19. The van der Waals surface area contributed by atoms with Gasteiger partial charge >= 0.3 is 0 Å². The maximum Gasteiger partial charge on any atom is 0.174 e. The summed E-state index contributed by atoms with van der Waals surface area (Å²) in [5.74, 6) is 1.10. The van der Waals surface area contributed by atoms with Gasteiger partial charge in [-0.3, -0.25) is 0 Å². The van der Waals surface area contributed by atoms with Gasteiger partial charge in [0.2, 0.25) is 0 Å². The van der Waals surface area contributed by atoms with Crippen molar-refractivity contribution in [2.75, 3.05) is 5.75 Å². The molecule has 0 N–H and O–H groups in total. The van der Waals surface area contributed by atoms with E-state index in [1.54, 1.807) is 28.6 Å². The Morgan fingerprint density at radius 3 is 3.17 bits per heavy atom. The Kier molecular flexibility index (Phi) is 5.03. The highest BCUT2D eigenvalue weighted by molar-refractivity contribution is 8.00. The number of hydrogen-bond donors (Lipinski definition) is 0. The Morgan fingerprint density at radius 2 is 2.50 bits per heavy atom. The van der Waals surface area contributed by atoms with Crippen molar-refractivity contribution in [3.05, 3.63) is 17.7 Å². The summed E-state index contributed by atoms with van der Waals surface area (Å²) in [6.07, 6.45) is 6.66. The summed E-state index contributed by atoms with van der Waals surface area (Å²) in [4.78, 5) is 0. The minimum Gasteiger partial charge on any atom is -0.146 e. The average molecular weight is 200 g/mol. The van der Waals surface area contributed by atoms with Crippen LogP contribution in [0.15, 0.2) is 22.0 Å². The first-order valence-corrected chi connectivity index (χ1v) is 5.84. The maximum absolute atomic E-state index is 3.94. The Balaban J connectivity index is 2.07. The Hall–Kier alpha value is -0.350. The monoisotopic (exact) mass is 200 g/mol. The normalized spacial score (nSPS) is 11.1. The van der Waals surface area contributed by atoms with Crippen molar-refractivity contribution in [2.45, 2.75) is 24.1 Å². The van der Waals surface area contributed by atoms with E-state index in [2.05, 4.69) is 29.3 Å². The molecular weight excluding hydrogens is 188 g/mol. The molecule has 0 unspecified atom stereocenters. The number of nitrogens with zero attached hydrogens (tertiary/aromatic N) is 2. The van der Waals surface area contributed by atoms with Crippen molar-refractivity contribution in [2.24, 2.45) is 0 Å². The minimum absolute atomic E-state index is 1.07. The second-order valence-electron chi connectivity index (χ2n) is 2.22. The Morgan fingerprint density at radius 1 is 1.58 bits per heavy atom. The molecule has 1 heterocycles. The lowest BCUT2D eigenvalue weighted by Gasteiger charge is -1.90. The van der Waals surface area contributed by atoms with E-state index < -0.39 is 0 Å². The molecule has 0 aromatic carbocycles. The van der Waals surface area contributed by atoms with E-state index in [-0.39, 0.29) is 0 Å². The molecule has 0 aliphatic rings. The molecule has 0 saturated carbocycles. The number of allylic oxidation sites excluding steroid dienone is 2. The first-order valence-electron chi connectivity index (χ1n) is 3.97. The van der Waals surface area contributed by atoms with Crippen LogP contribution in [-0.2, 0) is 0 Å². The third-order valence-corrected chi connectivity index (χ3v) is 3.15. The molecule has 0 aliphatic carbocycles. The van der Waals surface area contributed by atoms with Crippen LogP contribution in [0.5, 0.6) is 0 Å². The van der Waals surface area contributed by atoms with E-state index >= 15 is 0 Å². The van der Waals surface area contributed by atoms with Crippen LogP contribution in [0.3, 0.4) is 0 Å². The van der Waals surface area contributed by atoms with Crippen molar-refractivity contribution < 1.29 is 0 Å².